The van der Waals surface area contributed by atoms with Crippen LogP contribution in [0.25, 0.3) is 0 Å². The molecular formula is C14H23ClN2. The average Bonchev–Trinajstić information content (AvgIpc) is 2.27. The summed E-state index contributed by atoms with van der Waals surface area (Å²) in [5.41, 5.74) is 1.28. The molecule has 0 aliphatic heterocycles. The van der Waals surface area contributed by atoms with Crippen LogP contribution in [0.2, 0.25) is 5.02 Å². The summed E-state index contributed by atoms with van der Waals surface area (Å²) in [4.78, 5) is 2.21. The van der Waals surface area contributed by atoms with E-state index in [0.717, 1.165) is 18.0 Å². The molecule has 2 nitrogen and oxygen atoms in total. The molecule has 1 aromatic rings. The summed E-state index contributed by atoms with van der Waals surface area (Å²) in [6, 6.07) is 8.93. The molecule has 0 saturated carbocycles. The van der Waals surface area contributed by atoms with Gasteiger partial charge in [0.15, 0.2) is 0 Å². The summed E-state index contributed by atoms with van der Waals surface area (Å²) in [6.07, 6.45) is 1.16. The highest BCUT2D eigenvalue weighted by atomic mass is 35.5. The lowest BCUT2D eigenvalue weighted by molar-refractivity contribution is 0.354. The highest BCUT2D eigenvalue weighted by Gasteiger charge is 2.09. The number of nitrogens with one attached hydrogen (secondary N) is 1. The van der Waals surface area contributed by atoms with E-state index < -0.39 is 0 Å². The predicted octanol–water partition coefficient (Wildman–Crippen LogP) is 3.33. The fraction of sp³-hybridized carbons (Fsp3) is 0.571. The Morgan fingerprint density at radius 3 is 2.29 bits per heavy atom. The molecule has 2 unspecified atom stereocenters. The molecule has 0 aromatic heterocycles. The molecule has 1 rings (SSSR count). The van der Waals surface area contributed by atoms with Gasteiger partial charge in [-0.25, -0.2) is 0 Å². The van der Waals surface area contributed by atoms with Gasteiger partial charge in [0, 0.05) is 17.1 Å². The Kier molecular flexibility index (Phi) is 5.96. The zero-order valence-corrected chi connectivity index (χ0v) is 12.0. The van der Waals surface area contributed by atoms with Gasteiger partial charge in [0.2, 0.25) is 0 Å². The maximum atomic E-state index is 5.88. The van der Waals surface area contributed by atoms with E-state index in [9.17, 15) is 0 Å². The van der Waals surface area contributed by atoms with Gasteiger partial charge < -0.3 is 10.2 Å². The minimum absolute atomic E-state index is 0.365. The molecule has 1 aromatic carbocycles. The minimum atomic E-state index is 0.365. The molecule has 0 heterocycles. The largest absolute Gasteiger partial charge is 0.309 e. The SMILES string of the molecule is CC(CCN(C)C)NC(C)c1ccc(Cl)cc1. The Hall–Kier alpha value is -0.570. The molecule has 2 atom stereocenters. The van der Waals surface area contributed by atoms with Gasteiger partial charge >= 0.3 is 0 Å². The lowest BCUT2D eigenvalue weighted by Crippen LogP contribution is -2.31. The van der Waals surface area contributed by atoms with E-state index in [2.05, 4.69) is 50.3 Å². The first-order valence-corrected chi connectivity index (χ1v) is 6.53. The Labute approximate surface area is 110 Å². The first-order valence-electron chi connectivity index (χ1n) is 6.15. The van der Waals surface area contributed by atoms with E-state index in [-0.39, 0.29) is 0 Å². The number of rotatable bonds is 6. The molecule has 0 saturated heterocycles. The van der Waals surface area contributed by atoms with Crippen LogP contribution in [0.1, 0.15) is 31.9 Å². The van der Waals surface area contributed by atoms with E-state index in [4.69, 9.17) is 11.6 Å². The maximum absolute atomic E-state index is 5.88. The van der Waals surface area contributed by atoms with Gasteiger partial charge in [-0.2, -0.15) is 0 Å². The zero-order chi connectivity index (χ0) is 12.8. The molecule has 17 heavy (non-hydrogen) atoms. The fourth-order valence-corrected chi connectivity index (χ4v) is 1.94. The smallest absolute Gasteiger partial charge is 0.0406 e. The molecule has 0 radical (unpaired) electrons. The molecule has 0 aliphatic rings. The van der Waals surface area contributed by atoms with Gasteiger partial charge in [0.1, 0.15) is 0 Å². The molecule has 96 valence electrons. The van der Waals surface area contributed by atoms with Crippen LogP contribution < -0.4 is 5.32 Å². The van der Waals surface area contributed by atoms with Gasteiger partial charge in [-0.3, -0.25) is 0 Å². The van der Waals surface area contributed by atoms with E-state index in [0.29, 0.717) is 12.1 Å². The Bertz CT molecular complexity index is 321. The minimum Gasteiger partial charge on any atom is -0.309 e. The summed E-state index contributed by atoms with van der Waals surface area (Å²) in [7, 11) is 4.21. The molecule has 0 amide bonds. The van der Waals surface area contributed by atoms with E-state index in [1.165, 1.54) is 5.56 Å². The van der Waals surface area contributed by atoms with E-state index >= 15 is 0 Å². The maximum Gasteiger partial charge on any atom is 0.0406 e. The van der Waals surface area contributed by atoms with Crippen molar-refractivity contribution >= 4 is 11.6 Å². The molecular weight excluding hydrogens is 232 g/mol. The van der Waals surface area contributed by atoms with E-state index in [1.807, 2.05) is 12.1 Å². The molecule has 0 aliphatic carbocycles. The fourth-order valence-electron chi connectivity index (χ4n) is 1.81. The summed E-state index contributed by atoms with van der Waals surface area (Å²) in [5.74, 6) is 0. The number of hydrogen-bond donors (Lipinski definition) is 1. The predicted molar refractivity (Wildman–Crippen MR) is 75.6 cm³/mol. The monoisotopic (exact) mass is 254 g/mol. The van der Waals surface area contributed by atoms with Crippen LogP contribution in [-0.4, -0.2) is 31.6 Å². The van der Waals surface area contributed by atoms with Gasteiger partial charge in [-0.1, -0.05) is 23.7 Å². The van der Waals surface area contributed by atoms with Crippen molar-refractivity contribution in [3.8, 4) is 0 Å². The number of halogens is 1. The second kappa shape index (κ2) is 7.00. The molecule has 0 fully saturated rings. The van der Waals surface area contributed by atoms with Gasteiger partial charge in [-0.05, 0) is 58.6 Å². The molecule has 1 N–H and O–H groups in total. The van der Waals surface area contributed by atoms with Gasteiger partial charge in [0.05, 0.1) is 0 Å². The summed E-state index contributed by atoms with van der Waals surface area (Å²) in [6.45, 7) is 5.53. The lowest BCUT2D eigenvalue weighted by Gasteiger charge is -2.21. The van der Waals surface area contributed by atoms with Crippen molar-refractivity contribution in [3.63, 3.8) is 0 Å². The summed E-state index contributed by atoms with van der Waals surface area (Å²) in [5, 5.41) is 4.39. The van der Waals surface area contributed by atoms with Gasteiger partial charge in [-0.15, -0.1) is 0 Å². The average molecular weight is 255 g/mol. The van der Waals surface area contributed by atoms with Crippen LogP contribution in [0.4, 0.5) is 0 Å². The highest BCUT2D eigenvalue weighted by molar-refractivity contribution is 6.30. The molecule has 0 spiro atoms. The van der Waals surface area contributed by atoms with Gasteiger partial charge in [0.25, 0.3) is 0 Å². The Morgan fingerprint density at radius 2 is 1.76 bits per heavy atom. The topological polar surface area (TPSA) is 15.3 Å². The third-order valence-electron chi connectivity index (χ3n) is 2.91. The van der Waals surface area contributed by atoms with Crippen molar-refractivity contribution in [2.24, 2.45) is 0 Å². The van der Waals surface area contributed by atoms with Crippen LogP contribution in [0.15, 0.2) is 24.3 Å². The first-order chi connectivity index (χ1) is 7.99. The summed E-state index contributed by atoms with van der Waals surface area (Å²) >= 11 is 5.88. The first kappa shape index (κ1) is 14.5. The number of hydrogen-bond acceptors (Lipinski definition) is 2. The van der Waals surface area contributed by atoms with Crippen molar-refractivity contribution in [1.29, 1.82) is 0 Å². The number of nitrogens with zero attached hydrogens (tertiary/aromatic N) is 1. The lowest BCUT2D eigenvalue weighted by atomic mass is 10.1. The second-order valence-corrected chi connectivity index (χ2v) is 5.37. The zero-order valence-electron chi connectivity index (χ0n) is 11.2. The standard InChI is InChI=1S/C14H23ClN2/c1-11(9-10-17(3)4)16-12(2)13-5-7-14(15)8-6-13/h5-8,11-12,16H,9-10H2,1-4H3. The normalized spacial score (nSPS) is 14.9. The molecule has 3 heteroatoms. The van der Waals surface area contributed by atoms with Crippen molar-refractivity contribution < 1.29 is 0 Å². The van der Waals surface area contributed by atoms with Crippen LogP contribution in [-0.2, 0) is 0 Å². The molecule has 0 bridgehead atoms. The number of benzene rings is 1. The highest BCUT2D eigenvalue weighted by Crippen LogP contribution is 2.16. The summed E-state index contributed by atoms with van der Waals surface area (Å²) < 4.78 is 0. The van der Waals surface area contributed by atoms with Crippen LogP contribution in [0.3, 0.4) is 0 Å². The van der Waals surface area contributed by atoms with Crippen molar-refractivity contribution in [1.82, 2.24) is 10.2 Å². The van der Waals surface area contributed by atoms with Crippen LogP contribution in [0.5, 0.6) is 0 Å². The van der Waals surface area contributed by atoms with Crippen LogP contribution in [0, 0.1) is 0 Å². The van der Waals surface area contributed by atoms with E-state index in [1.54, 1.807) is 0 Å². The quantitative estimate of drug-likeness (QED) is 0.838. The third-order valence-corrected chi connectivity index (χ3v) is 3.17. The van der Waals surface area contributed by atoms with Crippen LogP contribution >= 0.6 is 11.6 Å². The van der Waals surface area contributed by atoms with Crippen molar-refractivity contribution in [2.75, 3.05) is 20.6 Å². The third kappa shape index (κ3) is 5.53. The van der Waals surface area contributed by atoms with Crippen molar-refractivity contribution in [2.45, 2.75) is 32.4 Å². The Balaban J connectivity index is 2.42. The second-order valence-electron chi connectivity index (χ2n) is 4.93. The van der Waals surface area contributed by atoms with Crippen molar-refractivity contribution in [3.05, 3.63) is 34.9 Å². The Morgan fingerprint density at radius 1 is 1.18 bits per heavy atom.